The first-order valence-electron chi connectivity index (χ1n) is 6.65. The molecule has 1 aliphatic heterocycles. The highest BCUT2D eigenvalue weighted by Crippen LogP contribution is 2.29. The normalized spacial score (nSPS) is 20.4. The third-order valence-corrected chi connectivity index (χ3v) is 3.62. The second-order valence-corrected chi connectivity index (χ2v) is 5.25. The van der Waals surface area contributed by atoms with Gasteiger partial charge in [0, 0.05) is 25.7 Å². The summed E-state index contributed by atoms with van der Waals surface area (Å²) < 4.78 is 38.5. The minimum absolute atomic E-state index is 0.0525. The zero-order valence-corrected chi connectivity index (χ0v) is 12.0. The van der Waals surface area contributed by atoms with E-state index in [1.165, 1.54) is 6.07 Å². The van der Waals surface area contributed by atoms with Gasteiger partial charge in [0.1, 0.15) is 11.6 Å². The molecule has 1 unspecified atom stereocenters. The molecule has 118 valence electrons. The predicted molar refractivity (Wildman–Crippen MR) is 73.8 cm³/mol. The SMILES string of the molecule is CN1CCCC(N(C)c2cc(NN)nc(C(F)(F)F)n2)C1. The maximum absolute atomic E-state index is 12.8. The van der Waals surface area contributed by atoms with E-state index in [-0.39, 0.29) is 17.7 Å². The standard InChI is InChI=1S/C12H19F3N6/c1-20-5-3-4-8(7-20)21(2)10-6-9(19-16)17-11(18-10)12(13,14)15/h6,8H,3-5,7,16H2,1-2H3,(H,17,18,19). The van der Waals surface area contributed by atoms with Crippen molar-refractivity contribution < 1.29 is 13.2 Å². The number of aromatic nitrogens is 2. The molecular formula is C12H19F3N6. The summed E-state index contributed by atoms with van der Waals surface area (Å²) in [5.41, 5.74) is 2.16. The van der Waals surface area contributed by atoms with Crippen LogP contribution in [0.1, 0.15) is 18.7 Å². The van der Waals surface area contributed by atoms with Gasteiger partial charge in [0.05, 0.1) is 0 Å². The van der Waals surface area contributed by atoms with Gasteiger partial charge in [-0.2, -0.15) is 13.2 Å². The van der Waals surface area contributed by atoms with Gasteiger partial charge in [0.15, 0.2) is 0 Å². The number of hydrogen-bond acceptors (Lipinski definition) is 6. The van der Waals surface area contributed by atoms with Crippen molar-refractivity contribution in [2.24, 2.45) is 5.84 Å². The molecule has 1 aromatic rings. The first-order valence-corrected chi connectivity index (χ1v) is 6.65. The number of alkyl halides is 3. The first-order chi connectivity index (χ1) is 9.81. The van der Waals surface area contributed by atoms with Crippen molar-refractivity contribution in [2.45, 2.75) is 25.1 Å². The van der Waals surface area contributed by atoms with Gasteiger partial charge in [-0.15, -0.1) is 0 Å². The maximum Gasteiger partial charge on any atom is 0.451 e. The Morgan fingerprint density at radius 1 is 1.43 bits per heavy atom. The second-order valence-electron chi connectivity index (χ2n) is 5.25. The van der Waals surface area contributed by atoms with Gasteiger partial charge in [-0.1, -0.05) is 0 Å². The van der Waals surface area contributed by atoms with E-state index in [9.17, 15) is 13.2 Å². The average Bonchev–Trinajstić information content (AvgIpc) is 2.45. The molecule has 1 saturated heterocycles. The molecule has 9 heteroatoms. The Morgan fingerprint density at radius 3 is 2.71 bits per heavy atom. The number of nitrogen functional groups attached to an aromatic ring is 1. The van der Waals surface area contributed by atoms with Gasteiger partial charge < -0.3 is 15.2 Å². The molecule has 0 aromatic carbocycles. The Balaban J connectivity index is 2.29. The fourth-order valence-electron chi connectivity index (χ4n) is 2.46. The third-order valence-electron chi connectivity index (χ3n) is 3.62. The number of hydrazine groups is 1. The minimum atomic E-state index is -4.61. The molecule has 2 rings (SSSR count). The zero-order chi connectivity index (χ0) is 15.6. The fraction of sp³-hybridized carbons (Fsp3) is 0.667. The van der Waals surface area contributed by atoms with Crippen molar-refractivity contribution in [1.82, 2.24) is 14.9 Å². The predicted octanol–water partition coefficient (Wildman–Crippen LogP) is 1.31. The van der Waals surface area contributed by atoms with Crippen molar-refractivity contribution in [2.75, 3.05) is 37.5 Å². The van der Waals surface area contributed by atoms with Crippen LogP contribution in [0.2, 0.25) is 0 Å². The van der Waals surface area contributed by atoms with Crippen molar-refractivity contribution in [3.05, 3.63) is 11.9 Å². The number of anilines is 2. The number of hydrogen-bond donors (Lipinski definition) is 2. The monoisotopic (exact) mass is 304 g/mol. The minimum Gasteiger partial charge on any atom is -0.355 e. The molecule has 0 amide bonds. The van der Waals surface area contributed by atoms with E-state index in [0.29, 0.717) is 0 Å². The lowest BCUT2D eigenvalue weighted by Crippen LogP contribution is -2.45. The van der Waals surface area contributed by atoms with Crippen LogP contribution in [-0.2, 0) is 6.18 Å². The third kappa shape index (κ3) is 3.73. The summed E-state index contributed by atoms with van der Waals surface area (Å²) in [4.78, 5) is 10.9. The van der Waals surface area contributed by atoms with E-state index in [2.05, 4.69) is 20.3 Å². The largest absolute Gasteiger partial charge is 0.451 e. The number of nitrogens with two attached hydrogens (primary N) is 1. The van der Waals surface area contributed by atoms with Crippen LogP contribution in [0.4, 0.5) is 24.8 Å². The van der Waals surface area contributed by atoms with E-state index in [1.54, 1.807) is 11.9 Å². The lowest BCUT2D eigenvalue weighted by molar-refractivity contribution is -0.144. The molecule has 0 spiro atoms. The lowest BCUT2D eigenvalue weighted by Gasteiger charge is -2.36. The number of likely N-dealkylation sites (tertiary alicyclic amines) is 1. The molecule has 1 atom stereocenters. The first kappa shape index (κ1) is 15.8. The van der Waals surface area contributed by atoms with Crippen LogP contribution in [0.25, 0.3) is 0 Å². The van der Waals surface area contributed by atoms with E-state index < -0.39 is 12.0 Å². The van der Waals surface area contributed by atoms with Crippen molar-refractivity contribution in [3.8, 4) is 0 Å². The summed E-state index contributed by atoms with van der Waals surface area (Å²) >= 11 is 0. The Bertz CT molecular complexity index is 492. The zero-order valence-electron chi connectivity index (χ0n) is 12.0. The number of rotatable bonds is 3. The maximum atomic E-state index is 12.8. The van der Waals surface area contributed by atoms with E-state index in [0.717, 1.165) is 25.9 Å². The highest BCUT2D eigenvalue weighted by molar-refractivity contribution is 5.49. The van der Waals surface area contributed by atoms with E-state index in [1.807, 2.05) is 7.05 Å². The summed E-state index contributed by atoms with van der Waals surface area (Å²) in [6.45, 7) is 1.78. The van der Waals surface area contributed by atoms with Crippen LogP contribution < -0.4 is 16.2 Å². The van der Waals surface area contributed by atoms with Gasteiger partial charge in [-0.05, 0) is 26.4 Å². The van der Waals surface area contributed by atoms with Crippen molar-refractivity contribution in [3.63, 3.8) is 0 Å². The Morgan fingerprint density at radius 2 is 2.14 bits per heavy atom. The van der Waals surface area contributed by atoms with Crippen LogP contribution in [0.15, 0.2) is 6.07 Å². The van der Waals surface area contributed by atoms with Crippen LogP contribution in [0.3, 0.4) is 0 Å². The molecular weight excluding hydrogens is 285 g/mol. The van der Waals surface area contributed by atoms with Gasteiger partial charge in [0.25, 0.3) is 0 Å². The summed E-state index contributed by atoms with van der Waals surface area (Å²) in [6.07, 6.45) is -2.69. The smallest absolute Gasteiger partial charge is 0.355 e. The molecule has 0 radical (unpaired) electrons. The van der Waals surface area contributed by atoms with Crippen molar-refractivity contribution in [1.29, 1.82) is 0 Å². The second kappa shape index (κ2) is 6.02. The summed E-state index contributed by atoms with van der Waals surface area (Å²) in [5, 5.41) is 0. The quantitative estimate of drug-likeness (QED) is 0.648. The van der Waals surface area contributed by atoms with Gasteiger partial charge in [-0.3, -0.25) is 0 Å². The average molecular weight is 304 g/mol. The number of nitrogens with one attached hydrogen (secondary N) is 1. The van der Waals surface area contributed by atoms with Crippen molar-refractivity contribution >= 4 is 11.6 Å². The Hall–Kier alpha value is -1.61. The Kier molecular flexibility index (Phi) is 4.52. The fourth-order valence-corrected chi connectivity index (χ4v) is 2.46. The van der Waals surface area contributed by atoms with E-state index in [4.69, 9.17) is 5.84 Å². The summed E-state index contributed by atoms with van der Waals surface area (Å²) in [7, 11) is 3.74. The molecule has 0 saturated carbocycles. The van der Waals surface area contributed by atoms with Gasteiger partial charge in [0.2, 0.25) is 5.82 Å². The Labute approximate surface area is 121 Å². The molecule has 2 heterocycles. The molecule has 0 aliphatic carbocycles. The molecule has 3 N–H and O–H groups in total. The number of nitrogens with zero attached hydrogens (tertiary/aromatic N) is 4. The number of halogens is 3. The highest BCUT2D eigenvalue weighted by Gasteiger charge is 2.36. The molecule has 6 nitrogen and oxygen atoms in total. The summed E-state index contributed by atoms with van der Waals surface area (Å²) in [6, 6.07) is 1.54. The highest BCUT2D eigenvalue weighted by atomic mass is 19.4. The van der Waals surface area contributed by atoms with Gasteiger partial charge >= 0.3 is 6.18 Å². The molecule has 1 aromatic heterocycles. The molecule has 1 fully saturated rings. The van der Waals surface area contributed by atoms with Crippen LogP contribution in [0, 0.1) is 0 Å². The summed E-state index contributed by atoms with van der Waals surface area (Å²) in [5.74, 6) is 4.17. The van der Waals surface area contributed by atoms with E-state index >= 15 is 0 Å². The topological polar surface area (TPSA) is 70.3 Å². The van der Waals surface area contributed by atoms with Crippen LogP contribution >= 0.6 is 0 Å². The lowest BCUT2D eigenvalue weighted by atomic mass is 10.1. The van der Waals surface area contributed by atoms with Crippen LogP contribution in [0.5, 0.6) is 0 Å². The number of piperidine rings is 1. The molecule has 1 aliphatic rings. The van der Waals surface area contributed by atoms with Gasteiger partial charge in [-0.25, -0.2) is 15.8 Å². The molecule has 21 heavy (non-hydrogen) atoms. The van der Waals surface area contributed by atoms with Crippen LogP contribution in [-0.4, -0.2) is 48.1 Å². The number of likely N-dealkylation sites (N-methyl/N-ethyl adjacent to an activating group) is 2. The molecule has 0 bridgehead atoms.